The summed E-state index contributed by atoms with van der Waals surface area (Å²) >= 11 is 0. The highest BCUT2D eigenvalue weighted by Crippen LogP contribution is 2.38. The van der Waals surface area contributed by atoms with E-state index in [0.717, 1.165) is 24.2 Å². The van der Waals surface area contributed by atoms with E-state index >= 15 is 0 Å². The highest BCUT2D eigenvalue weighted by molar-refractivity contribution is 6.10. The Morgan fingerprint density at radius 1 is 1.35 bits per heavy atom. The van der Waals surface area contributed by atoms with Gasteiger partial charge in [0.05, 0.1) is 0 Å². The number of anilines is 1. The predicted octanol–water partition coefficient (Wildman–Crippen LogP) is 2.71. The van der Waals surface area contributed by atoms with Crippen LogP contribution in [0.3, 0.4) is 0 Å². The van der Waals surface area contributed by atoms with Crippen LogP contribution in [0.1, 0.15) is 32.6 Å². The summed E-state index contributed by atoms with van der Waals surface area (Å²) in [6.07, 6.45) is 5.14. The van der Waals surface area contributed by atoms with Gasteiger partial charge in [-0.25, -0.2) is 4.79 Å². The molecule has 1 aromatic rings. The maximum absolute atomic E-state index is 13.0. The van der Waals surface area contributed by atoms with Gasteiger partial charge in [-0.1, -0.05) is 44.0 Å². The van der Waals surface area contributed by atoms with Crippen molar-refractivity contribution in [1.82, 2.24) is 10.2 Å². The van der Waals surface area contributed by atoms with Crippen molar-refractivity contribution >= 4 is 23.5 Å². The second-order valence-corrected chi connectivity index (χ2v) is 7.07. The van der Waals surface area contributed by atoms with Gasteiger partial charge in [-0.3, -0.25) is 14.5 Å². The highest BCUT2D eigenvalue weighted by Gasteiger charge is 2.55. The average Bonchev–Trinajstić information content (AvgIpc) is 2.88. The number of hydrogen-bond donors (Lipinski definition) is 1. The number of imide groups is 1. The summed E-state index contributed by atoms with van der Waals surface area (Å²) in [5, 5.41) is 2.88. The summed E-state index contributed by atoms with van der Waals surface area (Å²) in [6.45, 7) is 5.74. The van der Waals surface area contributed by atoms with Crippen molar-refractivity contribution < 1.29 is 14.4 Å². The summed E-state index contributed by atoms with van der Waals surface area (Å²) in [5.74, 6) is -0.499. The third-order valence-electron chi connectivity index (χ3n) is 5.48. The van der Waals surface area contributed by atoms with Crippen molar-refractivity contribution in [1.29, 1.82) is 0 Å². The minimum absolute atomic E-state index is 0.0752. The summed E-state index contributed by atoms with van der Waals surface area (Å²) in [7, 11) is 0. The second kappa shape index (κ2) is 7.32. The molecule has 1 saturated carbocycles. The number of carbonyl (C=O) groups is 3. The van der Waals surface area contributed by atoms with Gasteiger partial charge in [0.1, 0.15) is 12.1 Å². The van der Waals surface area contributed by atoms with Gasteiger partial charge in [0.2, 0.25) is 5.91 Å². The van der Waals surface area contributed by atoms with Crippen LogP contribution in [-0.2, 0) is 9.59 Å². The molecule has 1 saturated heterocycles. The molecule has 0 bridgehead atoms. The average molecular weight is 355 g/mol. The van der Waals surface area contributed by atoms with E-state index in [1.54, 1.807) is 6.08 Å². The summed E-state index contributed by atoms with van der Waals surface area (Å²) in [6, 6.07) is 8.71. The monoisotopic (exact) mass is 355 g/mol. The molecule has 2 atom stereocenters. The molecule has 1 heterocycles. The third kappa shape index (κ3) is 3.11. The first kappa shape index (κ1) is 18.2. The molecule has 138 valence electrons. The van der Waals surface area contributed by atoms with Crippen molar-refractivity contribution in [2.24, 2.45) is 5.92 Å². The van der Waals surface area contributed by atoms with Crippen molar-refractivity contribution in [2.75, 3.05) is 18.0 Å². The largest absolute Gasteiger partial charge is 0.325 e. The van der Waals surface area contributed by atoms with Gasteiger partial charge in [-0.05, 0) is 30.9 Å². The molecule has 6 heteroatoms. The van der Waals surface area contributed by atoms with E-state index in [-0.39, 0.29) is 24.3 Å². The van der Waals surface area contributed by atoms with Crippen LogP contribution in [0, 0.1) is 5.92 Å². The molecule has 6 nitrogen and oxygen atoms in total. The fourth-order valence-corrected chi connectivity index (χ4v) is 3.95. The molecule has 1 aromatic carbocycles. The number of hydrogen-bond acceptors (Lipinski definition) is 3. The number of rotatable bonds is 5. The van der Waals surface area contributed by atoms with Gasteiger partial charge >= 0.3 is 6.03 Å². The highest BCUT2D eigenvalue weighted by atomic mass is 16.2. The zero-order valence-corrected chi connectivity index (χ0v) is 15.1. The minimum atomic E-state index is -0.842. The lowest BCUT2D eigenvalue weighted by Gasteiger charge is -2.36. The standard InChI is InChI=1S/C20H25N3O3/c1-3-13-22(16-10-5-4-6-11-16)17(24)14-23-18(25)20(21-19(23)26)12-8-7-9-15(20)2/h3-6,10-11,15H,1,7-9,12-14H2,2H3,(H,21,26)/t15-,20-/m1/s1. The molecule has 0 radical (unpaired) electrons. The van der Waals surface area contributed by atoms with Crippen molar-refractivity contribution in [2.45, 2.75) is 38.1 Å². The number of carbonyl (C=O) groups excluding carboxylic acids is 3. The number of nitrogens with one attached hydrogen (secondary N) is 1. The first-order chi connectivity index (χ1) is 12.5. The van der Waals surface area contributed by atoms with E-state index in [0.29, 0.717) is 18.7 Å². The fourth-order valence-electron chi connectivity index (χ4n) is 3.95. The van der Waals surface area contributed by atoms with Crippen LogP contribution in [-0.4, -0.2) is 41.4 Å². The zero-order chi connectivity index (χ0) is 18.7. The Kier molecular flexibility index (Phi) is 5.11. The first-order valence-corrected chi connectivity index (χ1v) is 9.10. The molecular formula is C20H25N3O3. The molecule has 2 fully saturated rings. The van der Waals surface area contributed by atoms with Gasteiger partial charge in [-0.2, -0.15) is 0 Å². The first-order valence-electron chi connectivity index (χ1n) is 9.10. The molecule has 1 N–H and O–H groups in total. The Balaban J connectivity index is 1.79. The Labute approximate surface area is 153 Å². The van der Waals surface area contributed by atoms with E-state index in [4.69, 9.17) is 0 Å². The normalized spacial score (nSPS) is 25.3. The molecular weight excluding hydrogens is 330 g/mol. The Morgan fingerprint density at radius 2 is 2.08 bits per heavy atom. The molecule has 3 rings (SSSR count). The Hall–Kier alpha value is -2.63. The maximum Gasteiger partial charge on any atom is 0.325 e. The third-order valence-corrected chi connectivity index (χ3v) is 5.48. The molecule has 1 spiro atoms. The van der Waals surface area contributed by atoms with Gasteiger partial charge in [0.15, 0.2) is 0 Å². The number of urea groups is 1. The van der Waals surface area contributed by atoms with Crippen LogP contribution in [0.5, 0.6) is 0 Å². The van der Waals surface area contributed by atoms with Gasteiger partial charge < -0.3 is 10.2 Å². The number of para-hydroxylation sites is 1. The maximum atomic E-state index is 13.0. The lowest BCUT2D eigenvalue weighted by molar-refractivity contribution is -0.136. The van der Waals surface area contributed by atoms with Crippen LogP contribution in [0.15, 0.2) is 43.0 Å². The van der Waals surface area contributed by atoms with Crippen LogP contribution >= 0.6 is 0 Å². The Bertz CT molecular complexity index is 718. The lowest BCUT2D eigenvalue weighted by Crippen LogP contribution is -2.54. The smallest absolute Gasteiger partial charge is 0.323 e. The molecule has 1 aliphatic carbocycles. The van der Waals surface area contributed by atoms with E-state index in [1.165, 1.54) is 4.90 Å². The van der Waals surface area contributed by atoms with E-state index in [9.17, 15) is 14.4 Å². The Morgan fingerprint density at radius 3 is 2.73 bits per heavy atom. The molecule has 0 unspecified atom stereocenters. The predicted molar refractivity (Wildman–Crippen MR) is 99.6 cm³/mol. The lowest BCUT2D eigenvalue weighted by atomic mass is 9.73. The number of amides is 4. The molecule has 0 aromatic heterocycles. The van der Waals surface area contributed by atoms with Gasteiger partial charge in [-0.15, -0.1) is 6.58 Å². The molecule has 2 aliphatic rings. The fraction of sp³-hybridized carbons (Fsp3) is 0.450. The van der Waals surface area contributed by atoms with Crippen LogP contribution in [0.2, 0.25) is 0 Å². The van der Waals surface area contributed by atoms with Crippen molar-refractivity contribution in [3.8, 4) is 0 Å². The summed E-state index contributed by atoms with van der Waals surface area (Å²) in [4.78, 5) is 40.9. The number of benzene rings is 1. The van der Waals surface area contributed by atoms with Crippen LogP contribution in [0.4, 0.5) is 10.5 Å². The SMILES string of the molecule is C=CCN(C(=O)CN1C(=O)N[C@@]2(CCCC[C@H]2C)C1=O)c1ccccc1. The quantitative estimate of drug-likeness (QED) is 0.652. The molecule has 1 aliphatic heterocycles. The summed E-state index contributed by atoms with van der Waals surface area (Å²) in [5.41, 5.74) is -0.128. The van der Waals surface area contributed by atoms with Gasteiger partial charge in [0, 0.05) is 12.2 Å². The van der Waals surface area contributed by atoms with E-state index in [1.807, 2.05) is 37.3 Å². The summed E-state index contributed by atoms with van der Waals surface area (Å²) < 4.78 is 0. The van der Waals surface area contributed by atoms with E-state index < -0.39 is 11.6 Å². The zero-order valence-electron chi connectivity index (χ0n) is 15.1. The topological polar surface area (TPSA) is 69.7 Å². The number of nitrogens with zero attached hydrogens (tertiary/aromatic N) is 2. The van der Waals surface area contributed by atoms with E-state index in [2.05, 4.69) is 11.9 Å². The van der Waals surface area contributed by atoms with Crippen LogP contribution in [0.25, 0.3) is 0 Å². The molecule has 4 amide bonds. The minimum Gasteiger partial charge on any atom is -0.323 e. The second-order valence-electron chi connectivity index (χ2n) is 7.07. The molecule has 26 heavy (non-hydrogen) atoms. The van der Waals surface area contributed by atoms with Gasteiger partial charge in [0.25, 0.3) is 5.91 Å². The van der Waals surface area contributed by atoms with Crippen molar-refractivity contribution in [3.63, 3.8) is 0 Å². The van der Waals surface area contributed by atoms with Crippen LogP contribution < -0.4 is 10.2 Å². The van der Waals surface area contributed by atoms with Crippen molar-refractivity contribution in [3.05, 3.63) is 43.0 Å².